The number of rotatable bonds is 4. The molecule has 6 nitrogen and oxygen atoms in total. The van der Waals surface area contributed by atoms with E-state index in [0.717, 1.165) is 38.3 Å². The maximum absolute atomic E-state index is 12.4. The molecule has 0 unspecified atom stereocenters. The Morgan fingerprint density at radius 2 is 1.78 bits per heavy atom. The molecule has 27 heavy (non-hydrogen) atoms. The number of carbonyl (C=O) groups excluding carboxylic acids is 1. The van der Waals surface area contributed by atoms with Crippen LogP contribution in [0, 0.1) is 0 Å². The molecule has 3 rings (SSSR count). The quantitative estimate of drug-likeness (QED) is 0.840. The van der Waals surface area contributed by atoms with Gasteiger partial charge < -0.3 is 20.2 Å². The van der Waals surface area contributed by atoms with Gasteiger partial charge in [0.25, 0.3) is 5.91 Å². The maximum Gasteiger partial charge on any atom is 0.337 e. The molecule has 1 saturated heterocycles. The standard InChI is InChI=1S/C20H22ClN3O3/c1-23-9-2-10-24(12-11-23)16-7-8-18(17(13-16)20(26)27)22-19(25)14-3-5-15(21)6-4-14/h3-8,13H,2,9-12H2,1H3,(H,22,25)(H,26,27). The Bertz CT molecular complexity index is 839. The van der Waals surface area contributed by atoms with Gasteiger partial charge in [-0.2, -0.15) is 0 Å². The van der Waals surface area contributed by atoms with Crippen molar-refractivity contribution in [3.8, 4) is 0 Å². The number of nitrogens with zero attached hydrogens (tertiary/aromatic N) is 2. The molecule has 0 aliphatic carbocycles. The van der Waals surface area contributed by atoms with Crippen molar-refractivity contribution in [2.75, 3.05) is 43.4 Å². The van der Waals surface area contributed by atoms with Crippen LogP contribution in [0.15, 0.2) is 42.5 Å². The fourth-order valence-electron chi connectivity index (χ4n) is 3.12. The van der Waals surface area contributed by atoms with Crippen LogP contribution in [0.5, 0.6) is 0 Å². The number of carboxylic acid groups (broad SMARTS) is 1. The van der Waals surface area contributed by atoms with Gasteiger partial charge in [0.1, 0.15) is 0 Å². The lowest BCUT2D eigenvalue weighted by Gasteiger charge is -2.24. The highest BCUT2D eigenvalue weighted by atomic mass is 35.5. The first-order valence-electron chi connectivity index (χ1n) is 8.82. The fourth-order valence-corrected chi connectivity index (χ4v) is 3.24. The lowest BCUT2D eigenvalue weighted by atomic mass is 10.1. The second-order valence-electron chi connectivity index (χ2n) is 6.64. The number of halogens is 1. The summed E-state index contributed by atoms with van der Waals surface area (Å²) in [5.41, 5.74) is 1.62. The monoisotopic (exact) mass is 387 g/mol. The zero-order chi connectivity index (χ0) is 19.4. The minimum absolute atomic E-state index is 0.0763. The van der Waals surface area contributed by atoms with Crippen LogP contribution in [0.4, 0.5) is 11.4 Å². The summed E-state index contributed by atoms with van der Waals surface area (Å²) >= 11 is 5.84. The highest BCUT2D eigenvalue weighted by Crippen LogP contribution is 2.25. The topological polar surface area (TPSA) is 72.9 Å². The van der Waals surface area contributed by atoms with Gasteiger partial charge in [-0.05, 0) is 62.5 Å². The van der Waals surface area contributed by atoms with E-state index in [0.29, 0.717) is 10.6 Å². The minimum Gasteiger partial charge on any atom is -0.478 e. The molecule has 1 amide bonds. The number of hydrogen-bond acceptors (Lipinski definition) is 4. The van der Waals surface area contributed by atoms with E-state index in [-0.39, 0.29) is 17.2 Å². The van der Waals surface area contributed by atoms with Crippen LogP contribution >= 0.6 is 11.6 Å². The van der Waals surface area contributed by atoms with Crippen LogP contribution in [0.25, 0.3) is 0 Å². The molecule has 2 aromatic rings. The number of aromatic carboxylic acids is 1. The Balaban J connectivity index is 1.82. The molecule has 2 N–H and O–H groups in total. The smallest absolute Gasteiger partial charge is 0.337 e. The van der Waals surface area contributed by atoms with Gasteiger partial charge in [-0.25, -0.2) is 4.79 Å². The summed E-state index contributed by atoms with van der Waals surface area (Å²) < 4.78 is 0. The van der Waals surface area contributed by atoms with Gasteiger partial charge in [0.15, 0.2) is 0 Å². The Kier molecular flexibility index (Phi) is 5.98. The van der Waals surface area contributed by atoms with Crippen LogP contribution in [-0.2, 0) is 0 Å². The molecule has 1 aliphatic rings. The molecule has 1 fully saturated rings. The van der Waals surface area contributed by atoms with Gasteiger partial charge >= 0.3 is 5.97 Å². The lowest BCUT2D eigenvalue weighted by Crippen LogP contribution is -2.29. The van der Waals surface area contributed by atoms with E-state index in [1.807, 2.05) is 6.07 Å². The molecule has 0 atom stereocenters. The summed E-state index contributed by atoms with van der Waals surface area (Å²) in [5, 5.41) is 12.8. The van der Waals surface area contributed by atoms with Crippen molar-refractivity contribution in [3.63, 3.8) is 0 Å². The van der Waals surface area contributed by atoms with E-state index in [1.54, 1.807) is 36.4 Å². The van der Waals surface area contributed by atoms with E-state index < -0.39 is 5.97 Å². The predicted molar refractivity (Wildman–Crippen MR) is 107 cm³/mol. The third-order valence-electron chi connectivity index (χ3n) is 4.67. The molecule has 0 radical (unpaired) electrons. The molecule has 0 saturated carbocycles. The lowest BCUT2D eigenvalue weighted by molar-refractivity contribution is 0.0698. The summed E-state index contributed by atoms with van der Waals surface area (Å²) in [5.74, 6) is -1.45. The molecule has 7 heteroatoms. The van der Waals surface area contributed by atoms with Gasteiger partial charge in [-0.1, -0.05) is 11.6 Å². The second kappa shape index (κ2) is 8.41. The highest BCUT2D eigenvalue weighted by molar-refractivity contribution is 6.30. The van der Waals surface area contributed by atoms with Crippen molar-refractivity contribution >= 4 is 34.9 Å². The minimum atomic E-state index is -1.07. The highest BCUT2D eigenvalue weighted by Gasteiger charge is 2.18. The molecular weight excluding hydrogens is 366 g/mol. The molecule has 1 heterocycles. The number of likely N-dealkylation sites (N-methyl/N-ethyl adjacent to an activating group) is 1. The zero-order valence-corrected chi connectivity index (χ0v) is 15.9. The van der Waals surface area contributed by atoms with E-state index in [4.69, 9.17) is 11.6 Å². The van der Waals surface area contributed by atoms with Crippen LogP contribution in [0.3, 0.4) is 0 Å². The van der Waals surface area contributed by atoms with Gasteiger partial charge in [0.2, 0.25) is 0 Å². The number of hydrogen-bond donors (Lipinski definition) is 2. The Morgan fingerprint density at radius 1 is 1.04 bits per heavy atom. The third-order valence-corrected chi connectivity index (χ3v) is 4.92. The number of nitrogens with one attached hydrogen (secondary N) is 1. The zero-order valence-electron chi connectivity index (χ0n) is 15.1. The van der Waals surface area contributed by atoms with Crippen molar-refractivity contribution in [2.24, 2.45) is 0 Å². The summed E-state index contributed by atoms with van der Waals surface area (Å²) in [6.07, 6.45) is 1.02. The van der Waals surface area contributed by atoms with E-state index in [2.05, 4.69) is 22.2 Å². The van der Waals surface area contributed by atoms with E-state index >= 15 is 0 Å². The number of carboxylic acids is 1. The Morgan fingerprint density at radius 3 is 2.48 bits per heavy atom. The van der Waals surface area contributed by atoms with Crippen molar-refractivity contribution in [3.05, 3.63) is 58.6 Å². The largest absolute Gasteiger partial charge is 0.478 e. The van der Waals surface area contributed by atoms with E-state index in [9.17, 15) is 14.7 Å². The SMILES string of the molecule is CN1CCCN(c2ccc(NC(=O)c3ccc(Cl)cc3)c(C(=O)O)c2)CC1. The maximum atomic E-state index is 12.4. The third kappa shape index (κ3) is 4.78. The Labute approximate surface area is 163 Å². The predicted octanol–water partition coefficient (Wildman–Crippen LogP) is 3.43. The molecular formula is C20H22ClN3O3. The molecule has 2 aromatic carbocycles. The fraction of sp³-hybridized carbons (Fsp3) is 0.300. The van der Waals surface area contributed by atoms with Crippen LogP contribution in [-0.4, -0.2) is 55.1 Å². The summed E-state index contributed by atoms with van der Waals surface area (Å²) in [6.45, 7) is 3.67. The van der Waals surface area contributed by atoms with E-state index in [1.165, 1.54) is 0 Å². The molecule has 1 aliphatic heterocycles. The average Bonchev–Trinajstić information content (AvgIpc) is 2.87. The number of benzene rings is 2. The number of amides is 1. The van der Waals surface area contributed by atoms with Gasteiger partial charge in [-0.3, -0.25) is 4.79 Å². The first kappa shape index (κ1) is 19.2. The molecule has 142 valence electrons. The average molecular weight is 388 g/mol. The van der Waals surface area contributed by atoms with Crippen LogP contribution < -0.4 is 10.2 Å². The summed E-state index contributed by atoms with van der Waals surface area (Å²) in [4.78, 5) is 28.6. The summed E-state index contributed by atoms with van der Waals surface area (Å²) in [7, 11) is 2.08. The van der Waals surface area contributed by atoms with Crippen molar-refractivity contribution in [1.29, 1.82) is 0 Å². The van der Waals surface area contributed by atoms with Gasteiger partial charge in [0.05, 0.1) is 11.3 Å². The molecule has 0 bridgehead atoms. The first-order chi connectivity index (χ1) is 12.9. The van der Waals surface area contributed by atoms with Crippen LogP contribution in [0.1, 0.15) is 27.1 Å². The normalized spacial score (nSPS) is 15.3. The summed E-state index contributed by atoms with van der Waals surface area (Å²) in [6, 6.07) is 11.6. The Hall–Kier alpha value is -2.57. The van der Waals surface area contributed by atoms with Crippen molar-refractivity contribution in [2.45, 2.75) is 6.42 Å². The molecule has 0 aromatic heterocycles. The first-order valence-corrected chi connectivity index (χ1v) is 9.19. The van der Waals surface area contributed by atoms with Crippen molar-refractivity contribution in [1.82, 2.24) is 4.90 Å². The van der Waals surface area contributed by atoms with Crippen LogP contribution in [0.2, 0.25) is 5.02 Å². The van der Waals surface area contributed by atoms with Gasteiger partial charge in [-0.15, -0.1) is 0 Å². The number of anilines is 2. The molecule has 0 spiro atoms. The van der Waals surface area contributed by atoms with Gasteiger partial charge in [0, 0.05) is 35.9 Å². The number of carbonyl (C=O) groups is 2. The second-order valence-corrected chi connectivity index (χ2v) is 7.08. The van der Waals surface area contributed by atoms with Crippen molar-refractivity contribution < 1.29 is 14.7 Å².